The number of carbonyl (C=O) groups excluding carboxylic acids is 2. The van der Waals surface area contributed by atoms with Crippen LogP contribution in [0.25, 0.3) is 0 Å². The Labute approximate surface area is 163 Å². The molecule has 1 saturated carbocycles. The highest BCUT2D eigenvalue weighted by Gasteiger charge is 2.33. The predicted octanol–water partition coefficient (Wildman–Crippen LogP) is 0.629. The molecule has 1 atom stereocenters. The number of hydrogen-bond donors (Lipinski definition) is 3. The number of hydrogen-bond acceptors (Lipinski definition) is 7. The summed E-state index contributed by atoms with van der Waals surface area (Å²) in [5, 5.41) is 2.96. The fourth-order valence-electron chi connectivity index (χ4n) is 3.40. The maximum atomic E-state index is 12.4. The molecule has 1 aliphatic heterocycles. The molecule has 0 aromatic carbocycles. The highest BCUT2D eigenvalue weighted by Crippen LogP contribution is 2.28. The molecular weight excluding hydrogens is 376 g/mol. The molecule has 26 heavy (non-hydrogen) atoms. The first-order valence-electron chi connectivity index (χ1n) is 8.55. The zero-order chi connectivity index (χ0) is 17.8. The second-order valence-electron chi connectivity index (χ2n) is 6.54. The third-order valence-electron chi connectivity index (χ3n) is 4.91. The van der Waals surface area contributed by atoms with Gasteiger partial charge in [-0.2, -0.15) is 0 Å². The van der Waals surface area contributed by atoms with Crippen LogP contribution in [0.3, 0.4) is 0 Å². The predicted molar refractivity (Wildman–Crippen MR) is 104 cm³/mol. The third-order valence-corrected chi connectivity index (χ3v) is 5.87. The van der Waals surface area contributed by atoms with Crippen molar-refractivity contribution in [3.8, 4) is 0 Å². The van der Waals surface area contributed by atoms with Gasteiger partial charge in [-0.1, -0.05) is 0 Å². The zero-order valence-electron chi connectivity index (χ0n) is 14.5. The molecule has 10 heteroatoms. The molecule has 1 saturated heterocycles. The first-order chi connectivity index (χ1) is 12.1. The van der Waals surface area contributed by atoms with Gasteiger partial charge in [-0.05, 0) is 31.6 Å². The van der Waals surface area contributed by atoms with Gasteiger partial charge in [-0.15, -0.1) is 24.2 Å². The van der Waals surface area contributed by atoms with Crippen molar-refractivity contribution in [1.82, 2.24) is 20.2 Å². The number of nitrogens with two attached hydrogens (primary N) is 2. The molecule has 2 aliphatic rings. The number of nitrogen functional groups attached to an aromatic ring is 1. The van der Waals surface area contributed by atoms with Crippen molar-refractivity contribution < 1.29 is 9.59 Å². The van der Waals surface area contributed by atoms with Gasteiger partial charge in [0.05, 0.1) is 11.9 Å². The summed E-state index contributed by atoms with van der Waals surface area (Å²) in [7, 11) is 0. The number of aromatic nitrogens is 2. The van der Waals surface area contributed by atoms with E-state index in [-0.39, 0.29) is 47.7 Å². The summed E-state index contributed by atoms with van der Waals surface area (Å²) in [6, 6.07) is -0.388. The van der Waals surface area contributed by atoms with Crippen molar-refractivity contribution in [1.29, 1.82) is 0 Å². The first kappa shape index (κ1) is 20.7. The van der Waals surface area contributed by atoms with Crippen molar-refractivity contribution in [3.63, 3.8) is 0 Å². The summed E-state index contributed by atoms with van der Waals surface area (Å²) in [5.74, 6) is 1.80. The normalized spacial score (nSPS) is 23.8. The van der Waals surface area contributed by atoms with Crippen LogP contribution in [0.15, 0.2) is 12.4 Å². The van der Waals surface area contributed by atoms with E-state index in [1.54, 1.807) is 11.8 Å². The molecule has 2 amide bonds. The van der Waals surface area contributed by atoms with Crippen molar-refractivity contribution in [3.05, 3.63) is 18.1 Å². The number of thioether (sulfide) groups is 1. The molecule has 5 N–H and O–H groups in total. The number of carbonyl (C=O) groups is 2. The van der Waals surface area contributed by atoms with E-state index in [4.69, 9.17) is 11.5 Å². The van der Waals surface area contributed by atoms with Crippen LogP contribution < -0.4 is 16.8 Å². The Morgan fingerprint density at radius 3 is 2.54 bits per heavy atom. The van der Waals surface area contributed by atoms with E-state index in [1.165, 1.54) is 12.4 Å². The highest BCUT2D eigenvalue weighted by atomic mass is 35.5. The average Bonchev–Trinajstić information content (AvgIpc) is 3.16. The van der Waals surface area contributed by atoms with Gasteiger partial charge < -0.3 is 21.7 Å². The first-order valence-corrected chi connectivity index (χ1v) is 9.71. The maximum Gasteiger partial charge on any atom is 0.273 e. The Hall–Kier alpha value is -1.58. The highest BCUT2D eigenvalue weighted by molar-refractivity contribution is 7.99. The van der Waals surface area contributed by atoms with Crippen LogP contribution in [-0.2, 0) is 4.79 Å². The Bertz CT molecular complexity index is 635. The van der Waals surface area contributed by atoms with Crippen LogP contribution in [0, 0.1) is 5.92 Å². The minimum Gasteiger partial charge on any atom is -0.382 e. The monoisotopic (exact) mass is 400 g/mol. The average molecular weight is 401 g/mol. The molecule has 2 heterocycles. The summed E-state index contributed by atoms with van der Waals surface area (Å²) in [6.45, 7) is 0.794. The summed E-state index contributed by atoms with van der Waals surface area (Å²) >= 11 is 1.76. The Morgan fingerprint density at radius 1 is 1.23 bits per heavy atom. The van der Waals surface area contributed by atoms with E-state index in [9.17, 15) is 9.59 Å². The Morgan fingerprint density at radius 2 is 1.92 bits per heavy atom. The minimum absolute atomic E-state index is 0. The molecule has 1 aliphatic carbocycles. The molecule has 3 rings (SSSR count). The standard InChI is InChI=1S/C16H24N6O2S.ClH/c17-12(16(24)22-7-8-25-9-22)10-1-3-11(4-2-10)21-15(23)13-14(18)20-6-5-19-13;/h5-6,10-12H,1-4,7-9,17H2,(H2,18,20)(H,21,23);1H/t10?,11?,12-;/m0./s1. The van der Waals surface area contributed by atoms with E-state index >= 15 is 0 Å². The molecule has 1 aromatic heterocycles. The summed E-state index contributed by atoms with van der Waals surface area (Å²) in [4.78, 5) is 34.4. The van der Waals surface area contributed by atoms with Crippen LogP contribution >= 0.6 is 24.2 Å². The topological polar surface area (TPSA) is 127 Å². The van der Waals surface area contributed by atoms with Crippen LogP contribution in [0.2, 0.25) is 0 Å². The van der Waals surface area contributed by atoms with Gasteiger partial charge in [0.25, 0.3) is 5.91 Å². The summed E-state index contributed by atoms with van der Waals surface area (Å²) in [6.07, 6.45) is 6.15. The van der Waals surface area contributed by atoms with Gasteiger partial charge in [0.15, 0.2) is 11.5 Å². The van der Waals surface area contributed by atoms with Crippen molar-refractivity contribution in [2.24, 2.45) is 11.7 Å². The van der Waals surface area contributed by atoms with Gasteiger partial charge in [0, 0.05) is 30.7 Å². The van der Waals surface area contributed by atoms with Gasteiger partial charge in [-0.25, -0.2) is 9.97 Å². The Kier molecular flexibility index (Phi) is 7.48. The quantitative estimate of drug-likeness (QED) is 0.676. The second-order valence-corrected chi connectivity index (χ2v) is 7.61. The smallest absolute Gasteiger partial charge is 0.273 e. The van der Waals surface area contributed by atoms with Crippen LogP contribution in [0.5, 0.6) is 0 Å². The number of amides is 2. The van der Waals surface area contributed by atoms with Crippen LogP contribution in [-0.4, -0.2) is 56.9 Å². The van der Waals surface area contributed by atoms with E-state index in [2.05, 4.69) is 15.3 Å². The number of anilines is 1. The van der Waals surface area contributed by atoms with Gasteiger partial charge in [-0.3, -0.25) is 9.59 Å². The van der Waals surface area contributed by atoms with E-state index in [0.717, 1.165) is 43.9 Å². The lowest BCUT2D eigenvalue weighted by molar-refractivity contribution is -0.132. The van der Waals surface area contributed by atoms with Crippen LogP contribution in [0.4, 0.5) is 5.82 Å². The number of rotatable bonds is 4. The zero-order valence-corrected chi connectivity index (χ0v) is 16.1. The molecule has 2 fully saturated rings. The Balaban J connectivity index is 0.00000243. The van der Waals surface area contributed by atoms with Crippen molar-refractivity contribution in [2.75, 3.05) is 23.9 Å². The van der Waals surface area contributed by atoms with Gasteiger partial charge in [0.1, 0.15) is 0 Å². The molecule has 0 unspecified atom stereocenters. The molecule has 144 valence electrons. The van der Waals surface area contributed by atoms with Gasteiger partial charge in [0.2, 0.25) is 5.91 Å². The van der Waals surface area contributed by atoms with Crippen LogP contribution in [0.1, 0.15) is 36.2 Å². The fourth-order valence-corrected chi connectivity index (χ4v) is 4.36. The minimum atomic E-state index is -0.439. The lowest BCUT2D eigenvalue weighted by Crippen LogP contribution is -2.49. The molecule has 0 spiro atoms. The molecule has 0 radical (unpaired) electrons. The third kappa shape index (κ3) is 4.77. The van der Waals surface area contributed by atoms with Crippen molar-refractivity contribution in [2.45, 2.75) is 37.8 Å². The molecular formula is C16H25ClN6O2S. The van der Waals surface area contributed by atoms with E-state index in [0.29, 0.717) is 0 Å². The summed E-state index contributed by atoms with van der Waals surface area (Å²) < 4.78 is 0. The van der Waals surface area contributed by atoms with E-state index < -0.39 is 6.04 Å². The van der Waals surface area contributed by atoms with Gasteiger partial charge >= 0.3 is 0 Å². The SMILES string of the molecule is Cl.Nc1nccnc1C(=O)NC1CCC([C@H](N)C(=O)N2CCSC2)CC1. The van der Waals surface area contributed by atoms with E-state index in [1.807, 2.05) is 4.90 Å². The second kappa shape index (κ2) is 9.38. The number of nitrogens with zero attached hydrogens (tertiary/aromatic N) is 3. The molecule has 1 aromatic rings. The lowest BCUT2D eigenvalue weighted by Gasteiger charge is -2.33. The molecule has 8 nitrogen and oxygen atoms in total. The molecule has 0 bridgehead atoms. The lowest BCUT2D eigenvalue weighted by atomic mass is 9.81. The number of nitrogens with one attached hydrogen (secondary N) is 1. The fraction of sp³-hybridized carbons (Fsp3) is 0.625. The summed E-state index contributed by atoms with van der Waals surface area (Å²) in [5.41, 5.74) is 12.0. The number of halogens is 1. The largest absolute Gasteiger partial charge is 0.382 e. The maximum absolute atomic E-state index is 12.4. The van der Waals surface area contributed by atoms with Crippen molar-refractivity contribution >= 4 is 41.8 Å².